The molecule has 5 nitrogen and oxygen atoms in total. The minimum atomic E-state index is -1.83. The fraction of sp³-hybridized carbons (Fsp3) is 0.516. The van der Waals surface area contributed by atoms with E-state index in [4.69, 9.17) is 19.1 Å². The van der Waals surface area contributed by atoms with E-state index in [-0.39, 0.29) is 16.9 Å². The maximum atomic E-state index is 9.53. The number of aromatic nitrogens is 2. The Bertz CT molecular complexity index is 1140. The Labute approximate surface area is 224 Å². The van der Waals surface area contributed by atoms with Crippen LogP contribution in [-0.2, 0) is 17.3 Å². The van der Waals surface area contributed by atoms with Crippen molar-refractivity contribution in [1.29, 1.82) is 5.26 Å². The average Bonchev–Trinajstić information content (AvgIpc) is 2.86. The normalized spacial score (nSPS) is 17.6. The van der Waals surface area contributed by atoms with Gasteiger partial charge in [-0.15, -0.1) is 0 Å². The predicted molar refractivity (Wildman–Crippen MR) is 153 cm³/mol. The molecule has 2 aromatic rings. The van der Waals surface area contributed by atoms with Crippen LogP contribution >= 0.6 is 0 Å². The second kappa shape index (κ2) is 12.7. The summed E-state index contributed by atoms with van der Waals surface area (Å²) in [4.78, 5) is 9.51. The summed E-state index contributed by atoms with van der Waals surface area (Å²) in [7, 11) is -1.83. The highest BCUT2D eigenvalue weighted by atomic mass is 28.4. The zero-order valence-corrected chi connectivity index (χ0v) is 24.7. The fourth-order valence-corrected chi connectivity index (χ4v) is 5.26. The number of ether oxygens (including phenoxy) is 1. The molecule has 0 spiro atoms. The van der Waals surface area contributed by atoms with Gasteiger partial charge in [-0.25, -0.2) is 4.98 Å². The van der Waals surface area contributed by atoms with Crippen molar-refractivity contribution in [2.75, 3.05) is 13.2 Å². The van der Waals surface area contributed by atoms with E-state index in [1.807, 2.05) is 25.2 Å². The summed E-state index contributed by atoms with van der Waals surface area (Å²) in [5, 5.41) is 9.70. The van der Waals surface area contributed by atoms with Gasteiger partial charge in [0.2, 0.25) is 5.88 Å². The van der Waals surface area contributed by atoms with E-state index < -0.39 is 8.32 Å². The third kappa shape index (κ3) is 7.63. The lowest BCUT2D eigenvalue weighted by Gasteiger charge is -2.36. The number of nitrogens with zero attached hydrogens (tertiary/aromatic N) is 3. The molecular weight excluding hydrogens is 474 g/mol. The maximum Gasteiger partial charge on any atom is 0.220 e. The minimum Gasteiger partial charge on any atom is -0.475 e. The van der Waals surface area contributed by atoms with Gasteiger partial charge in [-0.2, -0.15) is 10.2 Å². The lowest BCUT2D eigenvalue weighted by Crippen LogP contribution is -2.41. The van der Waals surface area contributed by atoms with Gasteiger partial charge in [0.05, 0.1) is 24.3 Å². The first-order valence-electron chi connectivity index (χ1n) is 13.5. The van der Waals surface area contributed by atoms with E-state index in [0.717, 1.165) is 41.9 Å². The summed E-state index contributed by atoms with van der Waals surface area (Å²) >= 11 is 0. The number of aryl methyl sites for hydroxylation is 2. The summed E-state index contributed by atoms with van der Waals surface area (Å²) in [6, 6.07) is 11.0. The Hall–Kier alpha value is -2.75. The zero-order valence-electron chi connectivity index (χ0n) is 23.7. The molecule has 0 fully saturated rings. The van der Waals surface area contributed by atoms with Crippen LogP contribution in [0.4, 0.5) is 0 Å². The largest absolute Gasteiger partial charge is 0.475 e. The lowest BCUT2D eigenvalue weighted by atomic mass is 9.83. The van der Waals surface area contributed by atoms with Gasteiger partial charge in [0.15, 0.2) is 8.32 Å². The topological polar surface area (TPSA) is 68.0 Å². The maximum absolute atomic E-state index is 9.53. The van der Waals surface area contributed by atoms with Gasteiger partial charge >= 0.3 is 0 Å². The standard InChI is InChI=1S/C31H43N3O2Si/c1-8-9-14-29-28(21-24-15-17-25(18-16-24)27-13-11-10-12-26(27)22-32)30(34-23(2)33-29)35-19-20-36-37(6,7)31(3,4)5/h10-13,15-18,26-27H,8-9,14,19-21H2,1-7H3. The molecule has 1 aliphatic carbocycles. The van der Waals surface area contributed by atoms with Crippen LogP contribution in [0.3, 0.4) is 0 Å². The molecule has 1 aromatic carbocycles. The van der Waals surface area contributed by atoms with Gasteiger partial charge < -0.3 is 9.16 Å². The summed E-state index contributed by atoms with van der Waals surface area (Å²) < 4.78 is 12.6. The molecule has 0 aliphatic heterocycles. The van der Waals surface area contributed by atoms with Crippen LogP contribution < -0.4 is 4.74 Å². The molecule has 198 valence electrons. The third-order valence-corrected chi connectivity index (χ3v) is 12.1. The number of hydrogen-bond donors (Lipinski definition) is 0. The van der Waals surface area contributed by atoms with Crippen molar-refractivity contribution < 1.29 is 9.16 Å². The molecule has 0 amide bonds. The molecule has 0 radical (unpaired) electrons. The van der Waals surface area contributed by atoms with Gasteiger partial charge in [0.1, 0.15) is 12.4 Å². The van der Waals surface area contributed by atoms with Crippen LogP contribution in [-0.4, -0.2) is 31.5 Å². The Morgan fingerprint density at radius 1 is 1.03 bits per heavy atom. The molecule has 0 N–H and O–H groups in total. The van der Waals surface area contributed by atoms with Crippen molar-refractivity contribution in [2.24, 2.45) is 5.92 Å². The van der Waals surface area contributed by atoms with Crippen molar-refractivity contribution in [3.63, 3.8) is 0 Å². The second-order valence-corrected chi connectivity index (χ2v) is 16.2. The smallest absolute Gasteiger partial charge is 0.220 e. The summed E-state index contributed by atoms with van der Waals surface area (Å²) in [5.41, 5.74) is 4.47. The van der Waals surface area contributed by atoms with Gasteiger partial charge in [0, 0.05) is 17.9 Å². The number of benzene rings is 1. The molecular formula is C31H43N3O2Si. The summed E-state index contributed by atoms with van der Waals surface area (Å²) in [6.07, 6.45) is 11.9. The summed E-state index contributed by atoms with van der Waals surface area (Å²) in [6.45, 7) is 16.4. The molecule has 6 heteroatoms. The average molecular weight is 518 g/mol. The van der Waals surface area contributed by atoms with Gasteiger partial charge in [-0.1, -0.05) is 82.7 Å². The highest BCUT2D eigenvalue weighted by Gasteiger charge is 2.37. The quantitative estimate of drug-likeness (QED) is 0.228. The molecule has 37 heavy (non-hydrogen) atoms. The first kappa shape index (κ1) is 28.8. The monoisotopic (exact) mass is 517 g/mol. The van der Waals surface area contributed by atoms with E-state index in [0.29, 0.717) is 25.5 Å². The second-order valence-electron chi connectivity index (χ2n) is 11.4. The molecule has 1 heterocycles. The van der Waals surface area contributed by atoms with Crippen molar-refractivity contribution in [3.05, 3.63) is 76.8 Å². The number of nitriles is 1. The molecule has 0 saturated heterocycles. The number of allylic oxidation sites excluding steroid dienone is 4. The summed E-state index contributed by atoms with van der Waals surface area (Å²) in [5.74, 6) is 1.37. The van der Waals surface area contributed by atoms with E-state index in [1.54, 1.807) is 0 Å². The Morgan fingerprint density at radius 2 is 1.73 bits per heavy atom. The predicted octanol–water partition coefficient (Wildman–Crippen LogP) is 7.47. The van der Waals surface area contributed by atoms with E-state index in [9.17, 15) is 5.26 Å². The highest BCUT2D eigenvalue weighted by molar-refractivity contribution is 6.74. The molecule has 1 aromatic heterocycles. The Kier molecular flexibility index (Phi) is 9.86. The van der Waals surface area contributed by atoms with Crippen molar-refractivity contribution in [3.8, 4) is 11.9 Å². The molecule has 0 saturated carbocycles. The van der Waals surface area contributed by atoms with Gasteiger partial charge in [-0.3, -0.25) is 0 Å². The number of unbranched alkanes of at least 4 members (excludes halogenated alkanes) is 1. The molecule has 0 bridgehead atoms. The Balaban J connectivity index is 1.79. The molecule has 2 unspecified atom stereocenters. The minimum absolute atomic E-state index is 0.0895. The molecule has 2 atom stereocenters. The van der Waals surface area contributed by atoms with Crippen LogP contribution in [0.15, 0.2) is 48.6 Å². The van der Waals surface area contributed by atoms with Crippen molar-refractivity contribution in [1.82, 2.24) is 9.97 Å². The first-order valence-corrected chi connectivity index (χ1v) is 16.4. The van der Waals surface area contributed by atoms with Gasteiger partial charge in [0.25, 0.3) is 0 Å². The SMILES string of the molecule is CCCCc1nc(C)nc(OCCO[Si](C)(C)C(C)(C)C)c1Cc1ccc(C2C=CC=CC2C#N)cc1. The van der Waals surface area contributed by atoms with Crippen LogP contribution in [0.5, 0.6) is 5.88 Å². The van der Waals surface area contributed by atoms with E-state index in [1.165, 1.54) is 5.56 Å². The van der Waals surface area contributed by atoms with Gasteiger partial charge in [-0.05, 0) is 49.0 Å². The molecule has 1 aliphatic rings. The number of hydrogen-bond acceptors (Lipinski definition) is 5. The lowest BCUT2D eigenvalue weighted by molar-refractivity contribution is 0.197. The van der Waals surface area contributed by atoms with Crippen LogP contribution in [0.1, 0.15) is 74.7 Å². The van der Waals surface area contributed by atoms with Crippen LogP contribution in [0, 0.1) is 24.2 Å². The fourth-order valence-electron chi connectivity index (χ4n) is 4.24. The van der Waals surface area contributed by atoms with Crippen LogP contribution in [0.25, 0.3) is 0 Å². The zero-order chi connectivity index (χ0) is 27.1. The molecule has 3 rings (SSSR count). The number of rotatable bonds is 11. The van der Waals surface area contributed by atoms with Crippen molar-refractivity contribution >= 4 is 8.32 Å². The highest BCUT2D eigenvalue weighted by Crippen LogP contribution is 2.36. The third-order valence-electron chi connectivity index (χ3n) is 7.55. The van der Waals surface area contributed by atoms with E-state index in [2.05, 4.69) is 77.2 Å². The van der Waals surface area contributed by atoms with Crippen molar-refractivity contribution in [2.45, 2.75) is 84.4 Å². The Morgan fingerprint density at radius 3 is 2.38 bits per heavy atom. The van der Waals surface area contributed by atoms with E-state index >= 15 is 0 Å². The van der Waals surface area contributed by atoms with Crippen LogP contribution in [0.2, 0.25) is 18.1 Å². The first-order chi connectivity index (χ1) is 17.6.